The molecular formula is C15H24ClN5O. The first-order valence-corrected chi connectivity index (χ1v) is 7.16. The first-order chi connectivity index (χ1) is 9.84. The lowest BCUT2D eigenvalue weighted by Crippen LogP contribution is -2.52. The number of halogens is 1. The summed E-state index contributed by atoms with van der Waals surface area (Å²) < 4.78 is 1.68. The average molecular weight is 326 g/mol. The number of aryl methyl sites for hydroxylation is 1. The first-order valence-electron chi connectivity index (χ1n) is 7.16. The third kappa shape index (κ3) is 3.96. The number of hydrogen-bond donors (Lipinski definition) is 2. The number of hydrogen-bond acceptors (Lipinski definition) is 4. The Labute approximate surface area is 136 Å². The Morgan fingerprint density at radius 2 is 2.14 bits per heavy atom. The molecule has 22 heavy (non-hydrogen) atoms. The van der Waals surface area contributed by atoms with Crippen molar-refractivity contribution >= 4 is 29.3 Å². The summed E-state index contributed by atoms with van der Waals surface area (Å²) in [6, 6.07) is 5.39. The van der Waals surface area contributed by atoms with E-state index >= 15 is 0 Å². The molecule has 1 amide bonds. The van der Waals surface area contributed by atoms with Gasteiger partial charge < -0.3 is 11.1 Å². The molecule has 0 aliphatic carbocycles. The van der Waals surface area contributed by atoms with Crippen molar-refractivity contribution in [2.45, 2.75) is 32.7 Å². The molecule has 0 fully saturated rings. The van der Waals surface area contributed by atoms with Crippen molar-refractivity contribution in [2.75, 3.05) is 6.54 Å². The molecule has 1 atom stereocenters. The first kappa shape index (κ1) is 18.4. The summed E-state index contributed by atoms with van der Waals surface area (Å²) in [5.74, 6) is 0.331. The summed E-state index contributed by atoms with van der Waals surface area (Å²) in [5, 5.41) is 11.0. The number of benzene rings is 1. The summed E-state index contributed by atoms with van der Waals surface area (Å²) in [6.07, 6.45) is 0.836. The lowest BCUT2D eigenvalue weighted by molar-refractivity contribution is 0.0898. The van der Waals surface area contributed by atoms with Crippen LogP contribution in [-0.4, -0.2) is 33.0 Å². The summed E-state index contributed by atoms with van der Waals surface area (Å²) in [4.78, 5) is 12.4. The fourth-order valence-electron chi connectivity index (χ4n) is 2.61. The van der Waals surface area contributed by atoms with Gasteiger partial charge in [0.05, 0.1) is 5.52 Å². The number of amides is 1. The number of nitrogens with zero attached hydrogens (tertiary/aromatic N) is 3. The van der Waals surface area contributed by atoms with Crippen LogP contribution in [0.5, 0.6) is 0 Å². The van der Waals surface area contributed by atoms with Crippen LogP contribution in [0.15, 0.2) is 18.2 Å². The SMILES string of the molecule is CC(C)CC(C)(CN)NC(=O)c1ccc2c(c1)nnn2C.Cl. The monoisotopic (exact) mass is 325 g/mol. The van der Waals surface area contributed by atoms with Gasteiger partial charge in [-0.25, -0.2) is 4.68 Å². The normalized spacial score (nSPS) is 13.7. The van der Waals surface area contributed by atoms with Gasteiger partial charge >= 0.3 is 0 Å². The summed E-state index contributed by atoms with van der Waals surface area (Å²) in [5.41, 5.74) is 7.62. The molecule has 1 aromatic heterocycles. The van der Waals surface area contributed by atoms with Gasteiger partial charge in [-0.05, 0) is 37.5 Å². The van der Waals surface area contributed by atoms with Crippen molar-refractivity contribution in [3.05, 3.63) is 23.8 Å². The van der Waals surface area contributed by atoms with Crippen molar-refractivity contribution in [2.24, 2.45) is 18.7 Å². The molecule has 3 N–H and O–H groups in total. The highest BCUT2D eigenvalue weighted by molar-refractivity contribution is 5.97. The van der Waals surface area contributed by atoms with E-state index in [1.165, 1.54) is 0 Å². The molecule has 0 saturated heterocycles. The molecule has 0 aliphatic heterocycles. The molecule has 7 heteroatoms. The number of carbonyl (C=O) groups is 1. The number of fused-ring (bicyclic) bond motifs is 1. The van der Waals surface area contributed by atoms with E-state index in [1.54, 1.807) is 16.8 Å². The maximum absolute atomic E-state index is 12.4. The molecule has 1 aromatic carbocycles. The highest BCUT2D eigenvalue weighted by Gasteiger charge is 2.26. The molecule has 0 spiro atoms. The Hall–Kier alpha value is -1.66. The molecular weight excluding hydrogens is 302 g/mol. The largest absolute Gasteiger partial charge is 0.346 e. The second-order valence-corrected chi connectivity index (χ2v) is 6.23. The molecule has 0 bridgehead atoms. The Morgan fingerprint density at radius 3 is 2.73 bits per heavy atom. The zero-order chi connectivity index (χ0) is 15.6. The quantitative estimate of drug-likeness (QED) is 0.879. The molecule has 6 nitrogen and oxygen atoms in total. The third-order valence-corrected chi connectivity index (χ3v) is 3.60. The van der Waals surface area contributed by atoms with Crippen LogP contribution in [0.3, 0.4) is 0 Å². The summed E-state index contributed by atoms with van der Waals surface area (Å²) >= 11 is 0. The van der Waals surface area contributed by atoms with E-state index in [4.69, 9.17) is 5.73 Å². The summed E-state index contributed by atoms with van der Waals surface area (Å²) in [7, 11) is 1.82. The van der Waals surface area contributed by atoms with Crippen LogP contribution in [0, 0.1) is 5.92 Å². The Bertz CT molecular complexity index is 654. The predicted octanol–water partition coefficient (Wildman–Crippen LogP) is 1.88. The van der Waals surface area contributed by atoms with Crippen molar-refractivity contribution in [1.82, 2.24) is 20.3 Å². The fourth-order valence-corrected chi connectivity index (χ4v) is 2.61. The number of aromatic nitrogens is 3. The van der Waals surface area contributed by atoms with Crippen molar-refractivity contribution in [3.63, 3.8) is 0 Å². The van der Waals surface area contributed by atoms with Gasteiger partial charge in [-0.1, -0.05) is 19.1 Å². The minimum absolute atomic E-state index is 0. The number of nitrogens with one attached hydrogen (secondary N) is 1. The molecule has 2 rings (SSSR count). The molecule has 0 saturated carbocycles. The molecule has 0 aliphatic rings. The van der Waals surface area contributed by atoms with Crippen molar-refractivity contribution in [3.8, 4) is 0 Å². The van der Waals surface area contributed by atoms with Gasteiger partial charge in [-0.15, -0.1) is 17.5 Å². The second-order valence-electron chi connectivity index (χ2n) is 6.23. The third-order valence-electron chi connectivity index (χ3n) is 3.60. The van der Waals surface area contributed by atoms with E-state index in [2.05, 4.69) is 29.5 Å². The highest BCUT2D eigenvalue weighted by Crippen LogP contribution is 2.17. The van der Waals surface area contributed by atoms with E-state index in [0.29, 0.717) is 23.5 Å². The Kier molecular flexibility index (Phi) is 5.91. The molecule has 122 valence electrons. The van der Waals surface area contributed by atoms with E-state index < -0.39 is 5.54 Å². The van der Waals surface area contributed by atoms with Gasteiger partial charge in [0.2, 0.25) is 0 Å². The predicted molar refractivity (Wildman–Crippen MR) is 90.1 cm³/mol. The fraction of sp³-hybridized carbons (Fsp3) is 0.533. The molecule has 1 heterocycles. The smallest absolute Gasteiger partial charge is 0.251 e. The van der Waals surface area contributed by atoms with Crippen LogP contribution in [0.4, 0.5) is 0 Å². The van der Waals surface area contributed by atoms with Gasteiger partial charge in [-0.3, -0.25) is 4.79 Å². The number of rotatable bonds is 5. The lowest BCUT2D eigenvalue weighted by Gasteiger charge is -2.31. The lowest BCUT2D eigenvalue weighted by atomic mass is 9.90. The Morgan fingerprint density at radius 1 is 1.45 bits per heavy atom. The van der Waals surface area contributed by atoms with Gasteiger partial charge in [0.15, 0.2) is 0 Å². The topological polar surface area (TPSA) is 85.8 Å². The molecule has 0 radical (unpaired) electrons. The van der Waals surface area contributed by atoms with Crippen molar-refractivity contribution < 1.29 is 4.79 Å². The minimum atomic E-state index is -0.400. The molecule has 2 aromatic rings. The zero-order valence-corrected chi connectivity index (χ0v) is 14.3. The Balaban J connectivity index is 0.00000242. The van der Waals surface area contributed by atoms with Crippen LogP contribution in [0.25, 0.3) is 11.0 Å². The summed E-state index contributed by atoms with van der Waals surface area (Å²) in [6.45, 7) is 6.62. The van der Waals surface area contributed by atoms with Gasteiger partial charge in [0.1, 0.15) is 5.52 Å². The van der Waals surface area contributed by atoms with E-state index in [-0.39, 0.29) is 18.3 Å². The van der Waals surface area contributed by atoms with Crippen molar-refractivity contribution in [1.29, 1.82) is 0 Å². The standard InChI is InChI=1S/C15H23N5O.ClH/c1-10(2)8-15(3,9-16)17-14(21)11-5-6-13-12(7-11)18-19-20(13)4;/h5-7,10H,8-9,16H2,1-4H3,(H,17,21);1H. The number of carbonyl (C=O) groups excluding carboxylic acids is 1. The van der Waals surface area contributed by atoms with Crippen LogP contribution < -0.4 is 11.1 Å². The average Bonchev–Trinajstić information content (AvgIpc) is 2.79. The zero-order valence-electron chi connectivity index (χ0n) is 13.5. The van der Waals surface area contributed by atoms with Crippen LogP contribution >= 0.6 is 12.4 Å². The van der Waals surface area contributed by atoms with Crippen LogP contribution in [0.1, 0.15) is 37.6 Å². The maximum atomic E-state index is 12.4. The van der Waals surface area contributed by atoms with E-state index in [9.17, 15) is 4.79 Å². The van der Waals surface area contributed by atoms with Crippen LogP contribution in [-0.2, 0) is 7.05 Å². The van der Waals surface area contributed by atoms with Gasteiger partial charge in [0, 0.05) is 24.7 Å². The minimum Gasteiger partial charge on any atom is -0.346 e. The van der Waals surface area contributed by atoms with Crippen LogP contribution in [0.2, 0.25) is 0 Å². The maximum Gasteiger partial charge on any atom is 0.251 e. The second kappa shape index (κ2) is 7.07. The van der Waals surface area contributed by atoms with Gasteiger partial charge in [-0.2, -0.15) is 0 Å². The van der Waals surface area contributed by atoms with E-state index in [1.807, 2.05) is 20.0 Å². The number of nitrogens with two attached hydrogens (primary N) is 1. The highest BCUT2D eigenvalue weighted by atomic mass is 35.5. The van der Waals surface area contributed by atoms with Gasteiger partial charge in [0.25, 0.3) is 5.91 Å². The molecule has 1 unspecified atom stereocenters. The van der Waals surface area contributed by atoms with E-state index in [0.717, 1.165) is 11.9 Å².